The molecule has 2 rings (SSSR count). The summed E-state index contributed by atoms with van der Waals surface area (Å²) in [4.78, 5) is 9.98. The highest BCUT2D eigenvalue weighted by Crippen LogP contribution is 2.28. The van der Waals surface area contributed by atoms with Crippen LogP contribution < -0.4 is 5.73 Å². The summed E-state index contributed by atoms with van der Waals surface area (Å²) in [5, 5.41) is 0.711. The highest BCUT2D eigenvalue weighted by atomic mass is 32.2. The number of nitrogens with zero attached hydrogens (tertiary/aromatic N) is 2. The van der Waals surface area contributed by atoms with E-state index >= 15 is 0 Å². The molecule has 1 heterocycles. The van der Waals surface area contributed by atoms with Gasteiger partial charge in [-0.25, -0.2) is 9.97 Å². The summed E-state index contributed by atoms with van der Waals surface area (Å²) < 4.78 is 0. The van der Waals surface area contributed by atoms with Crippen LogP contribution in [0, 0.1) is 19.3 Å². The summed E-state index contributed by atoms with van der Waals surface area (Å²) in [6.07, 6.45) is 2.30. The van der Waals surface area contributed by atoms with Gasteiger partial charge in [0.1, 0.15) is 5.82 Å². The standard InChI is InChI=1S/C18H25N3S/c1-12-13(2)20-17(21-16(12)19)22-15-8-6-14(7-9-15)10-11-18(3,4)5/h6-9H,10-11H2,1-5H3,(H2,19,20,21). The van der Waals surface area contributed by atoms with E-state index < -0.39 is 0 Å². The molecule has 4 heteroatoms. The third-order valence-corrected chi connectivity index (χ3v) is 4.58. The van der Waals surface area contributed by atoms with Gasteiger partial charge in [0.05, 0.1) is 0 Å². The molecular formula is C18H25N3S. The van der Waals surface area contributed by atoms with Crippen molar-refractivity contribution in [2.45, 2.75) is 57.5 Å². The first kappa shape index (κ1) is 16.8. The van der Waals surface area contributed by atoms with Crippen molar-refractivity contribution in [3.63, 3.8) is 0 Å². The maximum absolute atomic E-state index is 5.92. The van der Waals surface area contributed by atoms with Gasteiger partial charge in [0.2, 0.25) is 0 Å². The van der Waals surface area contributed by atoms with E-state index in [2.05, 4.69) is 55.0 Å². The predicted molar refractivity (Wildman–Crippen MR) is 94.3 cm³/mol. The average molecular weight is 315 g/mol. The van der Waals surface area contributed by atoms with Gasteiger partial charge in [-0.1, -0.05) is 32.9 Å². The summed E-state index contributed by atoms with van der Waals surface area (Å²) >= 11 is 1.55. The maximum atomic E-state index is 5.92. The van der Waals surface area contributed by atoms with Gasteiger partial charge in [0.25, 0.3) is 0 Å². The molecule has 0 amide bonds. The van der Waals surface area contributed by atoms with E-state index in [1.54, 1.807) is 11.8 Å². The molecule has 0 bridgehead atoms. The van der Waals surface area contributed by atoms with Crippen LogP contribution in [0.5, 0.6) is 0 Å². The van der Waals surface area contributed by atoms with Crippen molar-refractivity contribution in [1.82, 2.24) is 9.97 Å². The Balaban J connectivity index is 2.05. The Morgan fingerprint density at radius 2 is 1.68 bits per heavy atom. The average Bonchev–Trinajstić information content (AvgIpc) is 2.43. The van der Waals surface area contributed by atoms with Gasteiger partial charge in [-0.2, -0.15) is 0 Å². The molecular weight excluding hydrogens is 290 g/mol. The Morgan fingerprint density at radius 3 is 2.23 bits per heavy atom. The van der Waals surface area contributed by atoms with E-state index in [1.165, 1.54) is 12.0 Å². The third kappa shape index (κ3) is 4.73. The first-order chi connectivity index (χ1) is 10.2. The van der Waals surface area contributed by atoms with Crippen LogP contribution in [0.4, 0.5) is 5.82 Å². The molecule has 3 nitrogen and oxygen atoms in total. The molecule has 22 heavy (non-hydrogen) atoms. The molecule has 0 unspecified atom stereocenters. The molecule has 0 saturated heterocycles. The van der Waals surface area contributed by atoms with Crippen molar-refractivity contribution in [1.29, 1.82) is 0 Å². The highest BCUT2D eigenvalue weighted by molar-refractivity contribution is 7.99. The molecule has 118 valence electrons. The van der Waals surface area contributed by atoms with Crippen LogP contribution >= 0.6 is 11.8 Å². The van der Waals surface area contributed by atoms with Crippen LogP contribution in [0.15, 0.2) is 34.3 Å². The normalized spacial score (nSPS) is 11.7. The number of rotatable bonds is 4. The number of aromatic nitrogens is 2. The lowest BCUT2D eigenvalue weighted by molar-refractivity contribution is 0.378. The topological polar surface area (TPSA) is 51.8 Å². The molecule has 0 aliphatic heterocycles. The molecule has 0 fully saturated rings. The van der Waals surface area contributed by atoms with Gasteiger partial charge in [-0.15, -0.1) is 0 Å². The molecule has 2 N–H and O–H groups in total. The molecule has 0 aliphatic rings. The second-order valence-electron chi connectivity index (χ2n) is 6.91. The Labute approximate surface area is 137 Å². The Hall–Kier alpha value is -1.55. The number of anilines is 1. The van der Waals surface area contributed by atoms with E-state index in [1.807, 2.05) is 13.8 Å². The number of nitrogens with two attached hydrogens (primary N) is 1. The summed E-state index contributed by atoms with van der Waals surface area (Å²) in [6.45, 7) is 10.7. The minimum absolute atomic E-state index is 0.373. The van der Waals surface area contributed by atoms with Crippen molar-refractivity contribution in [2.75, 3.05) is 5.73 Å². The summed E-state index contributed by atoms with van der Waals surface area (Å²) in [5.74, 6) is 0.566. The molecule has 1 aromatic carbocycles. The van der Waals surface area contributed by atoms with Crippen LogP contribution in [0.25, 0.3) is 0 Å². The number of nitrogen functional groups attached to an aromatic ring is 1. The van der Waals surface area contributed by atoms with Gasteiger partial charge in [0.15, 0.2) is 5.16 Å². The van der Waals surface area contributed by atoms with Gasteiger partial charge in [0, 0.05) is 16.2 Å². The van der Waals surface area contributed by atoms with Gasteiger partial charge < -0.3 is 5.73 Å². The molecule has 0 atom stereocenters. The van der Waals surface area contributed by atoms with Crippen LogP contribution in [0.2, 0.25) is 0 Å². The van der Waals surface area contributed by atoms with E-state index in [9.17, 15) is 0 Å². The van der Waals surface area contributed by atoms with E-state index in [4.69, 9.17) is 5.73 Å². The van der Waals surface area contributed by atoms with Crippen LogP contribution in [-0.4, -0.2) is 9.97 Å². The lowest BCUT2D eigenvalue weighted by Gasteiger charge is -2.17. The molecule has 0 saturated carbocycles. The fraction of sp³-hybridized carbons (Fsp3) is 0.444. The second kappa shape index (κ2) is 6.69. The zero-order chi connectivity index (χ0) is 16.3. The summed E-state index contributed by atoms with van der Waals surface area (Å²) in [6, 6.07) is 8.66. The largest absolute Gasteiger partial charge is 0.383 e. The van der Waals surface area contributed by atoms with Crippen molar-refractivity contribution in [3.8, 4) is 0 Å². The Bertz CT molecular complexity index is 619. The van der Waals surface area contributed by atoms with Gasteiger partial charge in [-0.3, -0.25) is 0 Å². The summed E-state index contributed by atoms with van der Waals surface area (Å²) in [7, 11) is 0. The fourth-order valence-corrected chi connectivity index (χ4v) is 2.83. The molecule has 1 aromatic heterocycles. The second-order valence-corrected chi connectivity index (χ2v) is 7.95. The van der Waals surface area contributed by atoms with Crippen molar-refractivity contribution in [2.24, 2.45) is 5.41 Å². The molecule has 0 aliphatic carbocycles. The SMILES string of the molecule is Cc1nc(Sc2ccc(CCC(C)(C)C)cc2)nc(N)c1C. The maximum Gasteiger partial charge on any atom is 0.194 e. The third-order valence-electron chi connectivity index (χ3n) is 3.70. The molecule has 2 aromatic rings. The Kier molecular flexibility index (Phi) is 5.12. The van der Waals surface area contributed by atoms with Crippen LogP contribution in [0.1, 0.15) is 44.0 Å². The van der Waals surface area contributed by atoms with Crippen molar-refractivity contribution < 1.29 is 0 Å². The molecule has 0 radical (unpaired) electrons. The van der Waals surface area contributed by atoms with Crippen molar-refractivity contribution in [3.05, 3.63) is 41.1 Å². The number of hydrogen-bond acceptors (Lipinski definition) is 4. The minimum atomic E-state index is 0.373. The zero-order valence-corrected chi connectivity index (χ0v) is 14.9. The number of hydrogen-bond donors (Lipinski definition) is 1. The van der Waals surface area contributed by atoms with E-state index in [0.29, 0.717) is 16.4 Å². The Morgan fingerprint density at radius 1 is 1.05 bits per heavy atom. The summed E-state index contributed by atoms with van der Waals surface area (Å²) in [5.41, 5.74) is 9.56. The smallest absolute Gasteiger partial charge is 0.194 e. The van der Waals surface area contributed by atoms with Gasteiger partial charge >= 0.3 is 0 Å². The van der Waals surface area contributed by atoms with Gasteiger partial charge in [-0.05, 0) is 61.6 Å². The first-order valence-electron chi connectivity index (χ1n) is 7.62. The predicted octanol–water partition coefficient (Wildman–Crippen LogP) is 4.81. The first-order valence-corrected chi connectivity index (χ1v) is 8.44. The highest BCUT2D eigenvalue weighted by Gasteiger charge is 2.10. The lowest BCUT2D eigenvalue weighted by Crippen LogP contribution is -2.06. The van der Waals surface area contributed by atoms with Crippen LogP contribution in [0.3, 0.4) is 0 Å². The number of aryl methyl sites for hydroxylation is 2. The quantitative estimate of drug-likeness (QED) is 0.823. The molecule has 0 spiro atoms. The van der Waals surface area contributed by atoms with E-state index in [0.717, 1.165) is 22.6 Å². The van der Waals surface area contributed by atoms with Crippen LogP contribution in [-0.2, 0) is 6.42 Å². The fourth-order valence-electron chi connectivity index (χ4n) is 2.02. The van der Waals surface area contributed by atoms with Crippen molar-refractivity contribution >= 4 is 17.6 Å². The zero-order valence-electron chi connectivity index (χ0n) is 14.1. The number of benzene rings is 1. The van der Waals surface area contributed by atoms with E-state index in [-0.39, 0.29) is 0 Å². The monoisotopic (exact) mass is 315 g/mol. The lowest BCUT2D eigenvalue weighted by atomic mass is 9.89. The minimum Gasteiger partial charge on any atom is -0.383 e.